The van der Waals surface area contributed by atoms with E-state index < -0.39 is 0 Å². The monoisotopic (exact) mass is 252 g/mol. The second-order valence-electron chi connectivity index (χ2n) is 4.32. The van der Waals surface area contributed by atoms with E-state index in [-0.39, 0.29) is 23.6 Å². The number of ether oxygens (including phenoxy) is 2. The first kappa shape index (κ1) is 12.3. The molecule has 2 unspecified atom stereocenters. The summed E-state index contributed by atoms with van der Waals surface area (Å²) in [5, 5.41) is 21.1. The van der Waals surface area contributed by atoms with Gasteiger partial charge in [-0.25, -0.2) is 0 Å². The average molecular weight is 252 g/mol. The molecule has 0 fully saturated rings. The van der Waals surface area contributed by atoms with Crippen molar-refractivity contribution in [3.05, 3.63) is 18.2 Å². The van der Waals surface area contributed by atoms with E-state index in [0.29, 0.717) is 24.5 Å². The third kappa shape index (κ3) is 2.42. The molecule has 2 rings (SSSR count). The molecule has 0 saturated heterocycles. The Morgan fingerprint density at radius 1 is 1.61 bits per heavy atom. The van der Waals surface area contributed by atoms with E-state index in [2.05, 4.69) is 5.16 Å². The van der Waals surface area contributed by atoms with Gasteiger partial charge in [-0.2, -0.15) is 0 Å². The van der Waals surface area contributed by atoms with Gasteiger partial charge in [0.1, 0.15) is 18.5 Å². The Morgan fingerprint density at radius 3 is 3.11 bits per heavy atom. The molecule has 2 atom stereocenters. The van der Waals surface area contributed by atoms with Gasteiger partial charge in [0.15, 0.2) is 11.5 Å². The zero-order valence-corrected chi connectivity index (χ0v) is 10.0. The summed E-state index contributed by atoms with van der Waals surface area (Å²) in [6, 6.07) is 4.96. The normalized spacial score (nSPS) is 20.5. The van der Waals surface area contributed by atoms with Crippen LogP contribution in [0.5, 0.6) is 17.2 Å². The van der Waals surface area contributed by atoms with Crippen LogP contribution in [0.4, 0.5) is 0 Å². The molecule has 1 aromatic rings. The highest BCUT2D eigenvalue weighted by atomic mass is 16.6. The van der Waals surface area contributed by atoms with Gasteiger partial charge in [-0.15, -0.1) is 0 Å². The summed E-state index contributed by atoms with van der Waals surface area (Å²) in [4.78, 5) is 0. The minimum atomic E-state index is -0.186. The van der Waals surface area contributed by atoms with Gasteiger partial charge in [0, 0.05) is 5.92 Å². The van der Waals surface area contributed by atoms with Crippen LogP contribution in [0.1, 0.15) is 13.3 Å². The first-order valence-electron chi connectivity index (χ1n) is 5.70. The molecule has 1 aromatic carbocycles. The van der Waals surface area contributed by atoms with Gasteiger partial charge >= 0.3 is 0 Å². The van der Waals surface area contributed by atoms with Crippen molar-refractivity contribution < 1.29 is 19.8 Å². The van der Waals surface area contributed by atoms with Crippen LogP contribution in [-0.2, 0) is 0 Å². The molecule has 6 heteroatoms. The Kier molecular flexibility index (Phi) is 3.45. The highest BCUT2D eigenvalue weighted by molar-refractivity contribution is 5.81. The number of phenolic OH excluding ortho intramolecular Hbond substituents is 1. The molecular weight excluding hydrogens is 236 g/mol. The van der Waals surface area contributed by atoms with Crippen molar-refractivity contribution in [3.8, 4) is 17.2 Å². The fourth-order valence-corrected chi connectivity index (χ4v) is 1.86. The second kappa shape index (κ2) is 5.03. The van der Waals surface area contributed by atoms with Crippen molar-refractivity contribution in [1.29, 1.82) is 0 Å². The third-order valence-electron chi connectivity index (χ3n) is 2.90. The summed E-state index contributed by atoms with van der Waals surface area (Å²) in [7, 11) is 0. The van der Waals surface area contributed by atoms with E-state index in [1.54, 1.807) is 18.2 Å². The van der Waals surface area contributed by atoms with Gasteiger partial charge in [-0.1, -0.05) is 18.1 Å². The fourth-order valence-electron chi connectivity index (χ4n) is 1.86. The molecule has 1 aliphatic heterocycles. The highest BCUT2D eigenvalue weighted by Gasteiger charge is 2.25. The molecule has 1 aliphatic rings. The predicted molar refractivity (Wildman–Crippen MR) is 65.2 cm³/mol. The summed E-state index contributed by atoms with van der Waals surface area (Å²) < 4.78 is 11.2. The molecule has 0 bridgehead atoms. The molecule has 0 amide bonds. The lowest BCUT2D eigenvalue weighted by Crippen LogP contribution is -2.34. The number of aromatic hydroxyl groups is 1. The van der Waals surface area contributed by atoms with E-state index in [4.69, 9.17) is 20.4 Å². The Labute approximate surface area is 105 Å². The van der Waals surface area contributed by atoms with Crippen molar-refractivity contribution in [1.82, 2.24) is 0 Å². The van der Waals surface area contributed by atoms with Crippen LogP contribution in [0, 0.1) is 5.92 Å². The third-order valence-corrected chi connectivity index (χ3v) is 2.90. The molecular formula is C12H16N2O4. The standard InChI is InChI=1S/C12H16N2O4/c1-7(12(13)14-16)5-8-6-17-11-9(15)3-2-4-10(11)18-8/h2-4,7-8,15-16H,5-6H2,1H3,(H2,13,14). The number of fused-ring (bicyclic) bond motifs is 1. The Balaban J connectivity index is 2.04. The lowest BCUT2D eigenvalue weighted by Gasteiger charge is -2.28. The number of hydrogen-bond donors (Lipinski definition) is 3. The first-order valence-corrected chi connectivity index (χ1v) is 5.70. The molecule has 0 spiro atoms. The van der Waals surface area contributed by atoms with E-state index in [9.17, 15) is 5.11 Å². The molecule has 18 heavy (non-hydrogen) atoms. The van der Waals surface area contributed by atoms with Crippen LogP contribution in [0.3, 0.4) is 0 Å². The Hall–Kier alpha value is -2.11. The molecule has 98 valence electrons. The zero-order chi connectivity index (χ0) is 13.1. The molecule has 0 radical (unpaired) electrons. The van der Waals surface area contributed by atoms with Gasteiger partial charge in [0.25, 0.3) is 0 Å². The number of para-hydroxylation sites is 1. The highest BCUT2D eigenvalue weighted by Crippen LogP contribution is 2.39. The molecule has 4 N–H and O–H groups in total. The Morgan fingerprint density at radius 2 is 2.39 bits per heavy atom. The number of nitrogens with two attached hydrogens (primary N) is 1. The molecule has 1 heterocycles. The maximum atomic E-state index is 9.57. The lowest BCUT2D eigenvalue weighted by molar-refractivity contribution is 0.0767. The van der Waals surface area contributed by atoms with E-state index in [1.807, 2.05) is 6.92 Å². The summed E-state index contributed by atoms with van der Waals surface area (Å²) in [6.45, 7) is 2.17. The predicted octanol–water partition coefficient (Wildman–Crippen LogP) is 1.30. The molecule has 0 aliphatic carbocycles. The van der Waals surface area contributed by atoms with Crippen LogP contribution >= 0.6 is 0 Å². The molecule has 6 nitrogen and oxygen atoms in total. The van der Waals surface area contributed by atoms with Crippen LogP contribution in [0.2, 0.25) is 0 Å². The second-order valence-corrected chi connectivity index (χ2v) is 4.32. The topological polar surface area (TPSA) is 97.3 Å². The fraction of sp³-hybridized carbons (Fsp3) is 0.417. The van der Waals surface area contributed by atoms with Gasteiger partial charge in [0.05, 0.1) is 0 Å². The van der Waals surface area contributed by atoms with E-state index in [0.717, 1.165) is 0 Å². The van der Waals surface area contributed by atoms with Crippen molar-refractivity contribution in [3.63, 3.8) is 0 Å². The minimum Gasteiger partial charge on any atom is -0.504 e. The number of amidine groups is 1. The zero-order valence-electron chi connectivity index (χ0n) is 10.0. The van der Waals surface area contributed by atoms with Gasteiger partial charge in [0.2, 0.25) is 5.75 Å². The van der Waals surface area contributed by atoms with Crippen LogP contribution in [0.25, 0.3) is 0 Å². The quantitative estimate of drug-likeness (QED) is 0.326. The SMILES string of the molecule is CC(CC1COc2c(O)cccc2O1)C(N)=NO. The summed E-state index contributed by atoms with van der Waals surface area (Å²) in [6.07, 6.45) is 0.389. The maximum Gasteiger partial charge on any atom is 0.203 e. The first-order chi connectivity index (χ1) is 8.61. The van der Waals surface area contributed by atoms with Gasteiger partial charge in [-0.05, 0) is 18.6 Å². The summed E-state index contributed by atoms with van der Waals surface area (Å²) >= 11 is 0. The van der Waals surface area contributed by atoms with E-state index >= 15 is 0 Å². The Bertz CT molecular complexity index is 461. The number of hydrogen-bond acceptors (Lipinski definition) is 5. The molecule has 0 saturated carbocycles. The number of oxime groups is 1. The van der Waals surface area contributed by atoms with Gasteiger partial charge < -0.3 is 25.5 Å². The number of rotatable bonds is 3. The van der Waals surface area contributed by atoms with Gasteiger partial charge in [-0.3, -0.25) is 0 Å². The van der Waals surface area contributed by atoms with Crippen LogP contribution in [0.15, 0.2) is 23.4 Å². The molecule has 0 aromatic heterocycles. The maximum absolute atomic E-state index is 9.57. The smallest absolute Gasteiger partial charge is 0.203 e. The average Bonchev–Trinajstić information content (AvgIpc) is 2.38. The number of nitrogens with zero attached hydrogens (tertiary/aromatic N) is 1. The van der Waals surface area contributed by atoms with Crippen molar-refractivity contribution in [2.24, 2.45) is 16.8 Å². The summed E-state index contributed by atoms with van der Waals surface area (Å²) in [5.74, 6) is 1.00. The van der Waals surface area contributed by atoms with Crippen LogP contribution < -0.4 is 15.2 Å². The largest absolute Gasteiger partial charge is 0.504 e. The van der Waals surface area contributed by atoms with Crippen molar-refractivity contribution in [2.75, 3.05) is 6.61 Å². The number of benzene rings is 1. The van der Waals surface area contributed by atoms with Crippen molar-refractivity contribution >= 4 is 5.84 Å². The lowest BCUT2D eigenvalue weighted by atomic mass is 10.0. The number of phenols is 1. The van der Waals surface area contributed by atoms with Crippen LogP contribution in [-0.4, -0.2) is 28.9 Å². The van der Waals surface area contributed by atoms with Crippen molar-refractivity contribution in [2.45, 2.75) is 19.4 Å². The van der Waals surface area contributed by atoms with E-state index in [1.165, 1.54) is 0 Å². The summed E-state index contributed by atoms with van der Waals surface area (Å²) in [5.41, 5.74) is 5.52. The minimum absolute atomic E-state index is 0.0652.